The van der Waals surface area contributed by atoms with Gasteiger partial charge >= 0.3 is 27.0 Å². The summed E-state index contributed by atoms with van der Waals surface area (Å²) >= 11 is 1.82. The molecule has 4 aromatic rings. The van der Waals surface area contributed by atoms with E-state index in [2.05, 4.69) is 54.7 Å². The second-order valence-electron chi connectivity index (χ2n) is 9.41. The molecule has 4 rings (SSSR count). The summed E-state index contributed by atoms with van der Waals surface area (Å²) in [6.07, 6.45) is 0. The van der Waals surface area contributed by atoms with Gasteiger partial charge in [-0.2, -0.15) is 0 Å². The molecule has 3 N–H and O–H groups in total. The van der Waals surface area contributed by atoms with E-state index in [0.717, 1.165) is 0 Å². The Labute approximate surface area is 256 Å². The number of nitrogens with one attached hydrogen (secondary N) is 1. The number of benzene rings is 4. The first-order chi connectivity index (χ1) is 19.8. The van der Waals surface area contributed by atoms with Crippen LogP contribution < -0.4 is 10.5 Å². The van der Waals surface area contributed by atoms with Crippen molar-refractivity contribution in [1.82, 2.24) is 4.72 Å². The van der Waals surface area contributed by atoms with E-state index in [0.29, 0.717) is 17.0 Å². The maximum absolute atomic E-state index is 14.1. The van der Waals surface area contributed by atoms with Crippen molar-refractivity contribution in [3.05, 3.63) is 136 Å². The zero-order valence-electron chi connectivity index (χ0n) is 22.7. The average Bonchev–Trinajstić information content (AvgIpc) is 3.00. The number of aryl methyl sites for hydroxylation is 1. The van der Waals surface area contributed by atoms with Crippen molar-refractivity contribution in [2.45, 2.75) is 43.7 Å². The van der Waals surface area contributed by atoms with Crippen molar-refractivity contribution in [3.63, 3.8) is 0 Å². The van der Waals surface area contributed by atoms with Crippen LogP contribution in [0.15, 0.2) is 89.8 Å². The number of halogens is 6. The summed E-state index contributed by atoms with van der Waals surface area (Å²) in [5, 5.41) is 0. The van der Waals surface area contributed by atoms with Crippen LogP contribution in [-0.4, -0.2) is 8.42 Å². The summed E-state index contributed by atoms with van der Waals surface area (Å²) in [6, 6.07) is 22.4. The van der Waals surface area contributed by atoms with Crippen LogP contribution in [-0.2, 0) is 27.3 Å². The third-order valence-electron chi connectivity index (χ3n) is 6.17. The third kappa shape index (κ3) is 8.91. The van der Waals surface area contributed by atoms with E-state index in [1.165, 1.54) is 23.3 Å². The van der Waals surface area contributed by atoms with Gasteiger partial charge in [-0.15, -0.1) is 0 Å². The standard InChI is InChI=1S/C20H15F5N2O2S.C10H14.ClH.Ru/c21-13-14(22)16(24)20(17(25)15(13)23)30(28,29)27-19(12-9-5-2-6-10-12)18(26)11-7-3-1-4-8-11;1-8(2)10-6-4-9(3)5-7-10;;/h1-10,18-19,27H,26H2;4-8H,1-3H3;1H;/q;;;+2/p-1/t18-,19-;;;/m0.../s1. The predicted octanol–water partition coefficient (Wildman–Crippen LogP) is 7.91. The molecule has 0 aliphatic heterocycles. The van der Waals surface area contributed by atoms with Gasteiger partial charge in [0, 0.05) is 0 Å². The number of rotatable bonds is 7. The summed E-state index contributed by atoms with van der Waals surface area (Å²) in [7, 11) is -0.642. The van der Waals surface area contributed by atoms with E-state index in [1.807, 2.05) is 22.0 Å². The average molecular weight is 713 g/mol. The summed E-state index contributed by atoms with van der Waals surface area (Å²) in [4.78, 5) is -1.97. The monoisotopic (exact) mass is 713 g/mol. The van der Waals surface area contributed by atoms with Gasteiger partial charge in [-0.3, -0.25) is 0 Å². The molecule has 4 aromatic carbocycles. The molecular formula is C30H29ClF5N2O2RuS+. The first-order valence-electron chi connectivity index (χ1n) is 12.4. The molecule has 0 saturated carbocycles. The maximum atomic E-state index is 14.1. The fourth-order valence-electron chi connectivity index (χ4n) is 3.87. The molecule has 0 unspecified atom stereocenters. The van der Waals surface area contributed by atoms with Crippen molar-refractivity contribution in [1.29, 1.82) is 0 Å². The topological polar surface area (TPSA) is 72.2 Å². The molecule has 2 atom stereocenters. The van der Waals surface area contributed by atoms with Gasteiger partial charge in [-0.1, -0.05) is 104 Å². The van der Waals surface area contributed by atoms with Crippen molar-refractivity contribution in [2.24, 2.45) is 5.73 Å². The Morgan fingerprint density at radius 1 is 0.667 bits per heavy atom. The van der Waals surface area contributed by atoms with E-state index in [-0.39, 0.29) is 0 Å². The molecule has 0 heterocycles. The van der Waals surface area contributed by atoms with Crippen LogP contribution in [0.3, 0.4) is 0 Å². The molecule has 0 aromatic heterocycles. The van der Waals surface area contributed by atoms with Gasteiger partial charge in [0.15, 0.2) is 28.2 Å². The molecule has 0 amide bonds. The first-order valence-corrected chi connectivity index (χ1v) is 16.2. The van der Waals surface area contributed by atoms with Crippen LogP contribution in [0.5, 0.6) is 0 Å². The predicted molar refractivity (Wildman–Crippen MR) is 150 cm³/mol. The number of sulfonamides is 1. The van der Waals surface area contributed by atoms with Gasteiger partial charge in [0.2, 0.25) is 15.8 Å². The van der Waals surface area contributed by atoms with Crippen molar-refractivity contribution >= 4 is 19.7 Å². The first kappa shape index (κ1) is 35.5. The van der Waals surface area contributed by atoms with Crippen LogP contribution in [0.4, 0.5) is 22.0 Å². The van der Waals surface area contributed by atoms with E-state index in [9.17, 15) is 30.4 Å². The van der Waals surface area contributed by atoms with Gasteiger partial charge in [-0.25, -0.2) is 35.1 Å². The Morgan fingerprint density at radius 3 is 1.50 bits per heavy atom. The summed E-state index contributed by atoms with van der Waals surface area (Å²) in [5.41, 5.74) is 9.75. The van der Waals surface area contributed by atoms with E-state index >= 15 is 0 Å². The van der Waals surface area contributed by atoms with Crippen LogP contribution in [0.1, 0.15) is 54.1 Å². The normalized spacial score (nSPS) is 12.5. The molecule has 0 fully saturated rings. The molecule has 0 aliphatic rings. The van der Waals surface area contributed by atoms with Crippen LogP contribution in [0.2, 0.25) is 0 Å². The van der Waals surface area contributed by atoms with Gasteiger partial charge < -0.3 is 5.73 Å². The SMILES string of the molecule is Cc1ccc(C(C)C)cc1.N[C@@H](c1ccccc1)[C@@H](NS(=O)(=O)c1c(F)c(F)c(F)c(F)c1F)c1ccccc1.[Cl][Ru+]. The van der Waals surface area contributed by atoms with Gasteiger partial charge in [-0.05, 0) is 29.5 Å². The van der Waals surface area contributed by atoms with Gasteiger partial charge in [0.05, 0.1) is 12.1 Å². The molecular weight excluding hydrogens is 684 g/mol. The number of nitrogens with two attached hydrogens (primary N) is 1. The van der Waals surface area contributed by atoms with Crippen LogP contribution in [0, 0.1) is 36.0 Å². The summed E-state index contributed by atoms with van der Waals surface area (Å²) in [5.74, 6) is -11.4. The Balaban J connectivity index is 0.000000431. The molecule has 226 valence electrons. The van der Waals surface area contributed by atoms with Crippen molar-refractivity contribution in [3.8, 4) is 0 Å². The van der Waals surface area contributed by atoms with E-state index in [4.69, 9.17) is 5.73 Å². The minimum atomic E-state index is -5.21. The molecule has 0 spiro atoms. The van der Waals surface area contributed by atoms with E-state index < -0.39 is 56.1 Å². The Bertz CT molecular complexity index is 1520. The molecule has 4 nitrogen and oxygen atoms in total. The molecule has 0 aliphatic carbocycles. The van der Waals surface area contributed by atoms with Crippen LogP contribution >= 0.6 is 9.69 Å². The zero-order chi connectivity index (χ0) is 31.6. The zero-order valence-corrected chi connectivity index (χ0v) is 26.0. The number of hydrogen-bond acceptors (Lipinski definition) is 3. The fourth-order valence-corrected chi connectivity index (χ4v) is 5.26. The Morgan fingerprint density at radius 2 is 1.07 bits per heavy atom. The Hall–Kier alpha value is -2.69. The molecule has 0 radical (unpaired) electrons. The molecule has 12 heteroatoms. The molecule has 0 saturated heterocycles. The molecule has 42 heavy (non-hydrogen) atoms. The summed E-state index contributed by atoms with van der Waals surface area (Å²) in [6.45, 7) is 6.54. The van der Waals surface area contributed by atoms with Gasteiger partial charge in [0.1, 0.15) is 0 Å². The van der Waals surface area contributed by atoms with E-state index in [1.54, 1.807) is 48.5 Å². The quantitative estimate of drug-likeness (QED) is 0.0886. The second-order valence-corrected chi connectivity index (χ2v) is 11.1. The number of hydrogen-bond donors (Lipinski definition) is 2. The third-order valence-corrected chi connectivity index (χ3v) is 7.63. The minimum absolute atomic E-state index is 0.321. The second kappa shape index (κ2) is 16.2. The summed E-state index contributed by atoms with van der Waals surface area (Å²) < 4.78 is 96.0. The Kier molecular flexibility index (Phi) is 13.7. The molecule has 0 bridgehead atoms. The van der Waals surface area contributed by atoms with Crippen molar-refractivity contribution < 1.29 is 47.7 Å². The van der Waals surface area contributed by atoms with Crippen molar-refractivity contribution in [2.75, 3.05) is 0 Å². The van der Waals surface area contributed by atoms with Crippen LogP contribution in [0.25, 0.3) is 0 Å². The fraction of sp³-hybridized carbons (Fsp3) is 0.200. The van der Waals surface area contributed by atoms with Gasteiger partial charge in [0.25, 0.3) is 0 Å².